The lowest BCUT2D eigenvalue weighted by Gasteiger charge is -2.32. The Balaban J connectivity index is 2.13. The average Bonchev–Trinajstić information content (AvgIpc) is 2.74. The molecule has 1 saturated heterocycles. The Morgan fingerprint density at radius 1 is 1.39 bits per heavy atom. The lowest BCUT2D eigenvalue weighted by atomic mass is 9.98. The summed E-state index contributed by atoms with van der Waals surface area (Å²) in [5, 5.41) is 0. The molecule has 0 N–H and O–H groups in total. The molecule has 1 aromatic rings. The summed E-state index contributed by atoms with van der Waals surface area (Å²) in [4.78, 5) is 14.2. The van der Waals surface area contributed by atoms with Crippen molar-refractivity contribution in [2.24, 2.45) is 0 Å². The number of hydrogen-bond acceptors (Lipinski definition) is 3. The van der Waals surface area contributed by atoms with E-state index in [-0.39, 0.29) is 5.97 Å². The predicted molar refractivity (Wildman–Crippen MR) is 71.2 cm³/mol. The highest BCUT2D eigenvalue weighted by Gasteiger charge is 2.43. The number of likely N-dealkylation sites (tertiary alicyclic amines) is 1. The van der Waals surface area contributed by atoms with Crippen molar-refractivity contribution in [3.05, 3.63) is 35.4 Å². The van der Waals surface area contributed by atoms with Crippen molar-refractivity contribution in [1.29, 1.82) is 0 Å². The number of hydrogen-bond donors (Lipinski definition) is 0. The molecule has 0 unspecified atom stereocenters. The van der Waals surface area contributed by atoms with Gasteiger partial charge in [0.15, 0.2) is 0 Å². The van der Waals surface area contributed by atoms with Gasteiger partial charge in [-0.2, -0.15) is 0 Å². The van der Waals surface area contributed by atoms with Crippen molar-refractivity contribution < 1.29 is 9.53 Å². The third-order valence-electron chi connectivity index (χ3n) is 3.91. The first-order chi connectivity index (χ1) is 8.56. The fraction of sp³-hybridized carbons (Fsp3) is 0.533. The van der Waals surface area contributed by atoms with Crippen LogP contribution >= 0.6 is 0 Å². The summed E-state index contributed by atoms with van der Waals surface area (Å²) in [7, 11) is 1.47. The van der Waals surface area contributed by atoms with Crippen molar-refractivity contribution in [3.8, 4) is 0 Å². The first-order valence-electron chi connectivity index (χ1n) is 6.45. The van der Waals surface area contributed by atoms with Crippen LogP contribution in [0.5, 0.6) is 0 Å². The van der Waals surface area contributed by atoms with Crippen LogP contribution in [0.2, 0.25) is 0 Å². The number of carbonyl (C=O) groups excluding carboxylic acids is 1. The average molecular weight is 247 g/mol. The van der Waals surface area contributed by atoms with Crippen LogP contribution in [0.15, 0.2) is 24.3 Å². The standard InChI is InChI=1S/C15H21NO2/c1-12-5-7-13(8-6-12)11-16-10-4-9-15(16,2)14(17)18-3/h5-8H,4,9-11H2,1-3H3/t15-/m1/s1. The van der Waals surface area contributed by atoms with E-state index in [2.05, 4.69) is 36.1 Å². The maximum absolute atomic E-state index is 11.9. The van der Waals surface area contributed by atoms with E-state index in [4.69, 9.17) is 4.74 Å². The summed E-state index contributed by atoms with van der Waals surface area (Å²) in [5.41, 5.74) is 2.05. The van der Waals surface area contributed by atoms with E-state index in [0.29, 0.717) is 0 Å². The van der Waals surface area contributed by atoms with Crippen LogP contribution in [0.4, 0.5) is 0 Å². The summed E-state index contributed by atoms with van der Waals surface area (Å²) in [6, 6.07) is 8.48. The van der Waals surface area contributed by atoms with Gasteiger partial charge in [-0.25, -0.2) is 0 Å². The zero-order valence-electron chi connectivity index (χ0n) is 11.4. The van der Waals surface area contributed by atoms with E-state index in [9.17, 15) is 4.79 Å². The SMILES string of the molecule is COC(=O)[C@@]1(C)CCCN1Cc1ccc(C)cc1. The summed E-state index contributed by atoms with van der Waals surface area (Å²) >= 11 is 0. The maximum Gasteiger partial charge on any atom is 0.326 e. The first-order valence-corrected chi connectivity index (χ1v) is 6.45. The van der Waals surface area contributed by atoms with Gasteiger partial charge >= 0.3 is 5.97 Å². The molecule has 0 aliphatic carbocycles. The number of aryl methyl sites for hydroxylation is 1. The number of ether oxygens (including phenoxy) is 1. The molecule has 1 atom stereocenters. The number of nitrogens with zero attached hydrogens (tertiary/aromatic N) is 1. The molecule has 0 bridgehead atoms. The molecule has 1 heterocycles. The second kappa shape index (κ2) is 5.11. The van der Waals surface area contributed by atoms with Crippen molar-refractivity contribution in [2.45, 2.75) is 38.8 Å². The van der Waals surface area contributed by atoms with Crippen molar-refractivity contribution in [1.82, 2.24) is 4.90 Å². The molecule has 1 aliphatic rings. The second-order valence-electron chi connectivity index (χ2n) is 5.28. The minimum Gasteiger partial charge on any atom is -0.468 e. The highest BCUT2D eigenvalue weighted by molar-refractivity contribution is 5.80. The summed E-state index contributed by atoms with van der Waals surface area (Å²) in [6.07, 6.45) is 1.93. The van der Waals surface area contributed by atoms with Crippen LogP contribution in [0.3, 0.4) is 0 Å². The van der Waals surface area contributed by atoms with Gasteiger partial charge in [0, 0.05) is 6.54 Å². The van der Waals surface area contributed by atoms with Gasteiger partial charge in [0.05, 0.1) is 7.11 Å². The normalized spacial score (nSPS) is 24.2. The monoisotopic (exact) mass is 247 g/mol. The van der Waals surface area contributed by atoms with Gasteiger partial charge in [-0.05, 0) is 38.8 Å². The highest BCUT2D eigenvalue weighted by atomic mass is 16.5. The number of rotatable bonds is 3. The van der Waals surface area contributed by atoms with Crippen molar-refractivity contribution in [3.63, 3.8) is 0 Å². The Kier molecular flexibility index (Phi) is 3.71. The molecular formula is C15H21NO2. The fourth-order valence-corrected chi connectivity index (χ4v) is 2.64. The van der Waals surface area contributed by atoms with Gasteiger partial charge in [0.2, 0.25) is 0 Å². The van der Waals surface area contributed by atoms with E-state index in [1.807, 2.05) is 6.92 Å². The molecule has 18 heavy (non-hydrogen) atoms. The summed E-state index contributed by atoms with van der Waals surface area (Å²) in [5.74, 6) is -0.118. The van der Waals surface area contributed by atoms with E-state index >= 15 is 0 Å². The minimum absolute atomic E-state index is 0.118. The van der Waals surface area contributed by atoms with Gasteiger partial charge in [-0.1, -0.05) is 29.8 Å². The highest BCUT2D eigenvalue weighted by Crippen LogP contribution is 2.31. The molecule has 0 radical (unpaired) electrons. The van der Waals surface area contributed by atoms with Gasteiger partial charge in [-0.3, -0.25) is 9.69 Å². The van der Waals surface area contributed by atoms with Crippen molar-refractivity contribution >= 4 is 5.97 Å². The Morgan fingerprint density at radius 2 is 2.06 bits per heavy atom. The van der Waals surface area contributed by atoms with E-state index in [1.54, 1.807) is 0 Å². The van der Waals surface area contributed by atoms with Crippen LogP contribution < -0.4 is 0 Å². The van der Waals surface area contributed by atoms with Gasteiger partial charge in [0.1, 0.15) is 5.54 Å². The molecule has 1 fully saturated rings. The van der Waals surface area contributed by atoms with Gasteiger partial charge in [0.25, 0.3) is 0 Å². The molecule has 1 aromatic carbocycles. The molecule has 3 heteroatoms. The minimum atomic E-state index is -0.459. The van der Waals surface area contributed by atoms with Crippen LogP contribution in [0.1, 0.15) is 30.9 Å². The third kappa shape index (κ3) is 2.41. The Hall–Kier alpha value is -1.35. The van der Waals surface area contributed by atoms with E-state index in [0.717, 1.165) is 25.9 Å². The number of esters is 1. The zero-order chi connectivity index (χ0) is 13.2. The topological polar surface area (TPSA) is 29.5 Å². The molecule has 1 aliphatic heterocycles. The summed E-state index contributed by atoms with van der Waals surface area (Å²) < 4.78 is 4.94. The van der Waals surface area contributed by atoms with Crippen LogP contribution in [0.25, 0.3) is 0 Å². The lowest BCUT2D eigenvalue weighted by molar-refractivity contribution is -0.152. The van der Waals surface area contributed by atoms with E-state index in [1.165, 1.54) is 18.2 Å². The Bertz CT molecular complexity index is 427. The Labute approximate surface area is 109 Å². The number of carbonyl (C=O) groups is 1. The molecule has 0 saturated carbocycles. The Morgan fingerprint density at radius 3 is 2.67 bits per heavy atom. The maximum atomic E-state index is 11.9. The fourth-order valence-electron chi connectivity index (χ4n) is 2.64. The molecule has 0 amide bonds. The smallest absolute Gasteiger partial charge is 0.326 e. The van der Waals surface area contributed by atoms with Gasteiger partial charge in [-0.15, -0.1) is 0 Å². The van der Waals surface area contributed by atoms with Crippen LogP contribution in [0, 0.1) is 6.92 Å². The molecule has 0 spiro atoms. The molecule has 3 nitrogen and oxygen atoms in total. The van der Waals surface area contributed by atoms with Gasteiger partial charge < -0.3 is 4.74 Å². The lowest BCUT2D eigenvalue weighted by Crippen LogP contribution is -2.48. The van der Waals surface area contributed by atoms with Crippen molar-refractivity contribution in [2.75, 3.05) is 13.7 Å². The van der Waals surface area contributed by atoms with E-state index < -0.39 is 5.54 Å². The predicted octanol–water partition coefficient (Wildman–Crippen LogP) is 2.52. The van der Waals surface area contributed by atoms with Crippen LogP contribution in [-0.4, -0.2) is 30.1 Å². The third-order valence-corrected chi connectivity index (χ3v) is 3.91. The molecule has 98 valence electrons. The number of methoxy groups -OCH3 is 1. The number of benzene rings is 1. The zero-order valence-corrected chi connectivity index (χ0v) is 11.4. The first kappa shape index (κ1) is 13.1. The second-order valence-corrected chi connectivity index (χ2v) is 5.28. The van der Waals surface area contributed by atoms with Crippen LogP contribution in [-0.2, 0) is 16.1 Å². The largest absolute Gasteiger partial charge is 0.468 e. The summed E-state index contributed by atoms with van der Waals surface area (Å²) in [6.45, 7) is 5.84. The molecule has 2 rings (SSSR count). The molecular weight excluding hydrogens is 226 g/mol. The quantitative estimate of drug-likeness (QED) is 0.769. The molecule has 0 aromatic heterocycles.